The summed E-state index contributed by atoms with van der Waals surface area (Å²) in [5, 5.41) is 0.679. The number of esters is 1. The molecule has 0 saturated carbocycles. The number of carbonyl (C=O) groups excluding carboxylic acids is 1. The number of hydrogen-bond donors (Lipinski definition) is 0. The third kappa shape index (κ3) is 2.78. The Kier molecular flexibility index (Phi) is 4.30. The molecule has 3 aromatic rings. The first-order valence-corrected chi connectivity index (χ1v) is 7.79. The lowest BCUT2D eigenvalue weighted by Crippen LogP contribution is -2.21. The van der Waals surface area contributed by atoms with E-state index in [4.69, 9.17) is 16.3 Å². The highest BCUT2D eigenvalue weighted by Crippen LogP contribution is 2.23. The normalized spacial score (nSPS) is 10.9. The molecule has 0 aliphatic heterocycles. The molecule has 0 saturated heterocycles. The number of benzene rings is 1. The van der Waals surface area contributed by atoms with Gasteiger partial charge in [0.05, 0.1) is 40.2 Å². The Morgan fingerprint density at radius 3 is 2.60 bits per heavy atom. The van der Waals surface area contributed by atoms with Crippen LogP contribution in [-0.4, -0.2) is 22.6 Å². The van der Waals surface area contributed by atoms with E-state index in [1.54, 1.807) is 19.9 Å². The van der Waals surface area contributed by atoms with Gasteiger partial charge in [-0.25, -0.2) is 9.18 Å². The van der Waals surface area contributed by atoms with Crippen LogP contribution in [-0.2, 0) is 4.74 Å². The van der Waals surface area contributed by atoms with Crippen LogP contribution < -0.4 is 5.56 Å². The number of aromatic nitrogens is 2. The van der Waals surface area contributed by atoms with Crippen molar-refractivity contribution in [2.75, 3.05) is 7.11 Å². The molecule has 25 heavy (non-hydrogen) atoms. The molecule has 0 N–H and O–H groups in total. The van der Waals surface area contributed by atoms with Crippen molar-refractivity contribution in [1.29, 1.82) is 0 Å². The van der Waals surface area contributed by atoms with E-state index in [2.05, 4.69) is 4.98 Å². The molecular formula is C18H14ClFN2O3. The Balaban J connectivity index is 2.36. The maximum absolute atomic E-state index is 13.4. The van der Waals surface area contributed by atoms with Gasteiger partial charge in [-0.05, 0) is 38.1 Å². The summed E-state index contributed by atoms with van der Waals surface area (Å²) in [5.74, 6) is -1.13. The predicted molar refractivity (Wildman–Crippen MR) is 93.1 cm³/mol. The average Bonchev–Trinajstić information content (AvgIpc) is 2.57. The minimum atomic E-state index is -0.569. The van der Waals surface area contributed by atoms with Crippen molar-refractivity contribution in [3.05, 3.63) is 68.6 Å². The summed E-state index contributed by atoms with van der Waals surface area (Å²) >= 11 is 5.81. The Labute approximate surface area is 147 Å². The summed E-state index contributed by atoms with van der Waals surface area (Å²) in [7, 11) is 1.27. The van der Waals surface area contributed by atoms with Crippen LogP contribution in [0, 0.1) is 19.7 Å². The summed E-state index contributed by atoms with van der Waals surface area (Å²) in [4.78, 5) is 29.3. The van der Waals surface area contributed by atoms with Crippen molar-refractivity contribution >= 4 is 28.3 Å². The number of methoxy groups -OCH3 is 1. The zero-order valence-electron chi connectivity index (χ0n) is 13.8. The maximum Gasteiger partial charge on any atom is 0.340 e. The van der Waals surface area contributed by atoms with Crippen LogP contribution in [0.1, 0.15) is 21.7 Å². The van der Waals surface area contributed by atoms with E-state index in [1.165, 1.54) is 36.1 Å². The van der Waals surface area contributed by atoms with Gasteiger partial charge in [-0.1, -0.05) is 11.6 Å². The first-order chi connectivity index (χ1) is 11.8. The molecule has 0 amide bonds. The minimum absolute atomic E-state index is 0.0847. The molecule has 0 spiro atoms. The number of carbonyl (C=O) groups is 1. The maximum atomic E-state index is 13.4. The van der Waals surface area contributed by atoms with Crippen LogP contribution >= 0.6 is 11.6 Å². The van der Waals surface area contributed by atoms with Crippen LogP contribution in [0.4, 0.5) is 4.39 Å². The summed E-state index contributed by atoms with van der Waals surface area (Å²) in [6.45, 7) is 3.38. The number of pyridine rings is 2. The average molecular weight is 361 g/mol. The predicted octanol–water partition coefficient (Wildman–Crippen LogP) is 3.58. The van der Waals surface area contributed by atoms with Gasteiger partial charge >= 0.3 is 5.97 Å². The zero-order valence-corrected chi connectivity index (χ0v) is 14.5. The second-order valence-electron chi connectivity index (χ2n) is 5.53. The van der Waals surface area contributed by atoms with E-state index in [0.717, 1.165) is 0 Å². The standard InChI is InChI=1S/C18H14ClFN2O3/c1-9-15-12(16(10(2)21-9)18(24)25-3)6-7-22(17(15)23)11-4-5-14(20)13(19)8-11/h4-8H,1-3H3. The number of fused-ring (bicyclic) bond motifs is 1. The highest BCUT2D eigenvalue weighted by molar-refractivity contribution is 6.30. The van der Waals surface area contributed by atoms with Crippen molar-refractivity contribution in [2.24, 2.45) is 0 Å². The molecule has 0 bridgehead atoms. The molecule has 2 aromatic heterocycles. The lowest BCUT2D eigenvalue weighted by Gasteiger charge is -2.13. The number of hydrogen-bond acceptors (Lipinski definition) is 4. The molecular weight excluding hydrogens is 347 g/mol. The number of halogens is 2. The van der Waals surface area contributed by atoms with Gasteiger partial charge in [0, 0.05) is 11.6 Å². The van der Waals surface area contributed by atoms with Crippen LogP contribution in [0.25, 0.3) is 16.5 Å². The number of ether oxygens (including phenoxy) is 1. The Morgan fingerprint density at radius 1 is 1.24 bits per heavy atom. The van der Waals surface area contributed by atoms with Crippen molar-refractivity contribution in [3.63, 3.8) is 0 Å². The molecule has 0 atom stereocenters. The van der Waals surface area contributed by atoms with Gasteiger partial charge < -0.3 is 4.74 Å². The number of aryl methyl sites for hydroxylation is 2. The second-order valence-corrected chi connectivity index (χ2v) is 5.93. The SMILES string of the molecule is COC(=O)c1c(C)nc(C)c2c(=O)n(-c3ccc(F)c(Cl)c3)ccc12. The van der Waals surface area contributed by atoms with Gasteiger partial charge in [-0.2, -0.15) is 0 Å². The number of rotatable bonds is 2. The smallest absolute Gasteiger partial charge is 0.340 e. The van der Waals surface area contributed by atoms with E-state index in [-0.39, 0.29) is 16.1 Å². The van der Waals surface area contributed by atoms with Crippen molar-refractivity contribution in [1.82, 2.24) is 9.55 Å². The summed E-state index contributed by atoms with van der Waals surface area (Å²) < 4.78 is 19.5. The van der Waals surface area contributed by atoms with Crippen molar-refractivity contribution in [3.8, 4) is 5.69 Å². The quantitative estimate of drug-likeness (QED) is 0.655. The highest BCUT2D eigenvalue weighted by Gasteiger charge is 2.19. The summed E-state index contributed by atoms with van der Waals surface area (Å²) in [6, 6.07) is 5.64. The molecule has 5 nitrogen and oxygen atoms in total. The van der Waals surface area contributed by atoms with Crippen LogP contribution in [0.3, 0.4) is 0 Å². The van der Waals surface area contributed by atoms with E-state index < -0.39 is 11.8 Å². The van der Waals surface area contributed by atoms with Crippen molar-refractivity contribution < 1.29 is 13.9 Å². The van der Waals surface area contributed by atoms with E-state index in [9.17, 15) is 14.0 Å². The van der Waals surface area contributed by atoms with Gasteiger partial charge in [-0.15, -0.1) is 0 Å². The lowest BCUT2D eigenvalue weighted by atomic mass is 10.0. The zero-order chi connectivity index (χ0) is 18.3. The third-order valence-electron chi connectivity index (χ3n) is 3.99. The van der Waals surface area contributed by atoms with Gasteiger partial charge in [-0.3, -0.25) is 14.3 Å². The molecule has 3 rings (SSSR count). The Bertz CT molecular complexity index is 1080. The van der Waals surface area contributed by atoms with E-state index >= 15 is 0 Å². The summed E-state index contributed by atoms with van der Waals surface area (Å²) in [6.07, 6.45) is 1.51. The fourth-order valence-electron chi connectivity index (χ4n) is 2.85. The fraction of sp³-hybridized carbons (Fsp3) is 0.167. The lowest BCUT2D eigenvalue weighted by molar-refractivity contribution is 0.0601. The van der Waals surface area contributed by atoms with Crippen molar-refractivity contribution in [2.45, 2.75) is 13.8 Å². The van der Waals surface area contributed by atoms with Gasteiger partial charge in [0.1, 0.15) is 5.82 Å². The molecule has 2 heterocycles. The van der Waals surface area contributed by atoms with Gasteiger partial charge in [0.15, 0.2) is 0 Å². The third-order valence-corrected chi connectivity index (χ3v) is 4.28. The van der Waals surface area contributed by atoms with Crippen LogP contribution in [0.2, 0.25) is 5.02 Å². The van der Waals surface area contributed by atoms with E-state index in [0.29, 0.717) is 27.8 Å². The summed E-state index contributed by atoms with van der Waals surface area (Å²) in [5.41, 5.74) is 1.27. The topological polar surface area (TPSA) is 61.2 Å². The molecule has 0 aliphatic carbocycles. The molecule has 0 radical (unpaired) electrons. The van der Waals surface area contributed by atoms with Gasteiger partial charge in [0.2, 0.25) is 0 Å². The fourth-order valence-corrected chi connectivity index (χ4v) is 3.02. The Hall–Kier alpha value is -2.73. The molecule has 0 fully saturated rings. The highest BCUT2D eigenvalue weighted by atomic mass is 35.5. The minimum Gasteiger partial charge on any atom is -0.465 e. The molecule has 7 heteroatoms. The molecule has 1 aromatic carbocycles. The second kappa shape index (κ2) is 6.29. The first kappa shape index (κ1) is 17.1. The number of nitrogens with zero attached hydrogens (tertiary/aromatic N) is 2. The largest absolute Gasteiger partial charge is 0.465 e. The Morgan fingerprint density at radius 2 is 1.96 bits per heavy atom. The molecule has 128 valence electrons. The monoisotopic (exact) mass is 360 g/mol. The van der Waals surface area contributed by atoms with E-state index in [1.807, 2.05) is 0 Å². The molecule has 0 aliphatic rings. The van der Waals surface area contributed by atoms with Crippen LogP contribution in [0.15, 0.2) is 35.3 Å². The van der Waals surface area contributed by atoms with Crippen LogP contribution in [0.5, 0.6) is 0 Å². The molecule has 0 unspecified atom stereocenters. The van der Waals surface area contributed by atoms with Gasteiger partial charge in [0.25, 0.3) is 5.56 Å². The first-order valence-electron chi connectivity index (χ1n) is 7.41.